The highest BCUT2D eigenvalue weighted by Crippen LogP contribution is 2.26. The Balaban J connectivity index is 2.26. The average molecular weight is 293 g/mol. The zero-order chi connectivity index (χ0) is 15.2. The summed E-state index contributed by atoms with van der Waals surface area (Å²) in [6, 6.07) is 7.46. The van der Waals surface area contributed by atoms with Crippen molar-refractivity contribution in [3.05, 3.63) is 29.8 Å². The van der Waals surface area contributed by atoms with Gasteiger partial charge in [0.05, 0.1) is 20.3 Å². The summed E-state index contributed by atoms with van der Waals surface area (Å²) in [5, 5.41) is 2.69. The van der Waals surface area contributed by atoms with E-state index in [1.54, 1.807) is 14.2 Å². The number of morpholine rings is 1. The fourth-order valence-electron chi connectivity index (χ4n) is 2.69. The molecule has 0 saturated carbocycles. The SMILES string of the molecule is CNC(=O)C1COCCN1C(CN)c1cccc(OC)c1. The molecular formula is C15H23N3O3. The molecule has 0 aromatic heterocycles. The number of benzene rings is 1. The van der Waals surface area contributed by atoms with Crippen LogP contribution in [0, 0.1) is 0 Å². The molecule has 0 radical (unpaired) electrons. The van der Waals surface area contributed by atoms with E-state index >= 15 is 0 Å². The molecule has 2 rings (SSSR count). The third-order valence-electron chi connectivity index (χ3n) is 3.82. The summed E-state index contributed by atoms with van der Waals surface area (Å²) in [4.78, 5) is 14.2. The molecule has 6 nitrogen and oxygen atoms in total. The number of nitrogens with one attached hydrogen (secondary N) is 1. The van der Waals surface area contributed by atoms with Gasteiger partial charge in [-0.2, -0.15) is 0 Å². The Hall–Kier alpha value is -1.63. The van der Waals surface area contributed by atoms with Crippen molar-refractivity contribution in [3.8, 4) is 5.75 Å². The van der Waals surface area contributed by atoms with Crippen LogP contribution in [0.4, 0.5) is 0 Å². The molecule has 1 aromatic carbocycles. The molecule has 6 heteroatoms. The average Bonchev–Trinajstić information content (AvgIpc) is 2.55. The molecular weight excluding hydrogens is 270 g/mol. The summed E-state index contributed by atoms with van der Waals surface area (Å²) in [7, 11) is 3.27. The van der Waals surface area contributed by atoms with Gasteiger partial charge in [0.1, 0.15) is 11.8 Å². The molecule has 116 valence electrons. The summed E-state index contributed by atoms with van der Waals surface area (Å²) in [5.74, 6) is 0.742. The van der Waals surface area contributed by atoms with E-state index in [0.717, 1.165) is 11.3 Å². The van der Waals surface area contributed by atoms with Gasteiger partial charge >= 0.3 is 0 Å². The Kier molecular flexibility index (Phi) is 5.55. The van der Waals surface area contributed by atoms with Crippen LogP contribution in [0.15, 0.2) is 24.3 Å². The first-order valence-corrected chi connectivity index (χ1v) is 7.10. The zero-order valence-corrected chi connectivity index (χ0v) is 12.5. The molecule has 1 aliphatic rings. The number of nitrogens with two attached hydrogens (primary N) is 1. The van der Waals surface area contributed by atoms with Crippen molar-refractivity contribution >= 4 is 5.91 Å². The van der Waals surface area contributed by atoms with Crippen LogP contribution >= 0.6 is 0 Å². The van der Waals surface area contributed by atoms with E-state index < -0.39 is 0 Å². The Labute approximate surface area is 125 Å². The van der Waals surface area contributed by atoms with Crippen LogP contribution in [0.3, 0.4) is 0 Å². The van der Waals surface area contributed by atoms with E-state index in [0.29, 0.717) is 26.3 Å². The van der Waals surface area contributed by atoms with Gasteiger partial charge in [0.25, 0.3) is 0 Å². The van der Waals surface area contributed by atoms with Crippen LogP contribution in [0.1, 0.15) is 11.6 Å². The minimum Gasteiger partial charge on any atom is -0.497 e. The summed E-state index contributed by atoms with van der Waals surface area (Å²) in [6.07, 6.45) is 0. The largest absolute Gasteiger partial charge is 0.497 e. The number of rotatable bonds is 5. The Morgan fingerprint density at radius 3 is 3.10 bits per heavy atom. The van der Waals surface area contributed by atoms with Crippen LogP contribution in [0.2, 0.25) is 0 Å². The number of methoxy groups -OCH3 is 1. The number of amides is 1. The first-order valence-electron chi connectivity index (χ1n) is 7.10. The van der Waals surface area contributed by atoms with Crippen LogP contribution in [0.25, 0.3) is 0 Å². The van der Waals surface area contributed by atoms with Crippen LogP contribution < -0.4 is 15.8 Å². The van der Waals surface area contributed by atoms with E-state index in [4.69, 9.17) is 15.2 Å². The van der Waals surface area contributed by atoms with Gasteiger partial charge in [-0.25, -0.2) is 0 Å². The van der Waals surface area contributed by atoms with Gasteiger partial charge in [-0.05, 0) is 17.7 Å². The summed E-state index contributed by atoms with van der Waals surface area (Å²) < 4.78 is 10.7. The molecule has 1 aliphatic heterocycles. The fourth-order valence-corrected chi connectivity index (χ4v) is 2.69. The number of nitrogens with zero attached hydrogens (tertiary/aromatic N) is 1. The lowest BCUT2D eigenvalue weighted by molar-refractivity contribution is -0.134. The standard InChI is InChI=1S/C15H23N3O3/c1-17-15(19)14-10-21-7-6-18(14)13(9-16)11-4-3-5-12(8-11)20-2/h3-5,8,13-14H,6-7,9-10,16H2,1-2H3,(H,17,19). The molecule has 1 aromatic rings. The molecule has 0 aliphatic carbocycles. The van der Waals surface area contributed by atoms with E-state index in [9.17, 15) is 4.79 Å². The zero-order valence-electron chi connectivity index (χ0n) is 12.5. The highest BCUT2D eigenvalue weighted by atomic mass is 16.5. The van der Waals surface area contributed by atoms with Gasteiger partial charge in [0, 0.05) is 26.2 Å². The molecule has 2 unspecified atom stereocenters. The van der Waals surface area contributed by atoms with Crippen LogP contribution in [-0.2, 0) is 9.53 Å². The van der Waals surface area contributed by atoms with Crippen molar-refractivity contribution in [2.45, 2.75) is 12.1 Å². The molecule has 1 heterocycles. The van der Waals surface area contributed by atoms with Crippen molar-refractivity contribution < 1.29 is 14.3 Å². The normalized spacial score (nSPS) is 20.8. The molecule has 3 N–H and O–H groups in total. The maximum absolute atomic E-state index is 12.1. The highest BCUT2D eigenvalue weighted by Gasteiger charge is 2.34. The number of likely N-dealkylation sites (N-methyl/N-ethyl adjacent to an activating group) is 1. The lowest BCUT2D eigenvalue weighted by atomic mass is 10.0. The third-order valence-corrected chi connectivity index (χ3v) is 3.82. The van der Waals surface area contributed by atoms with E-state index in [1.165, 1.54) is 0 Å². The number of hydrogen-bond acceptors (Lipinski definition) is 5. The first kappa shape index (κ1) is 15.8. The topological polar surface area (TPSA) is 76.8 Å². The maximum atomic E-state index is 12.1. The Bertz CT molecular complexity index is 481. The van der Waals surface area contributed by atoms with Crippen molar-refractivity contribution in [3.63, 3.8) is 0 Å². The van der Waals surface area contributed by atoms with Crippen LogP contribution in [0.5, 0.6) is 5.75 Å². The predicted octanol–water partition coefficient (Wildman–Crippen LogP) is 0.142. The van der Waals surface area contributed by atoms with E-state index in [2.05, 4.69) is 10.2 Å². The lowest BCUT2D eigenvalue weighted by Gasteiger charge is -2.39. The number of carbonyl (C=O) groups excluding carboxylic acids is 1. The molecule has 1 amide bonds. The predicted molar refractivity (Wildman–Crippen MR) is 80.2 cm³/mol. The van der Waals surface area contributed by atoms with Crippen molar-refractivity contribution in [1.29, 1.82) is 0 Å². The second-order valence-corrected chi connectivity index (χ2v) is 4.97. The molecule has 0 spiro atoms. The van der Waals surface area contributed by atoms with Crippen LogP contribution in [-0.4, -0.2) is 57.3 Å². The van der Waals surface area contributed by atoms with Gasteiger partial charge in [0.2, 0.25) is 5.91 Å². The lowest BCUT2D eigenvalue weighted by Crippen LogP contribution is -2.55. The smallest absolute Gasteiger partial charge is 0.239 e. The molecule has 21 heavy (non-hydrogen) atoms. The van der Waals surface area contributed by atoms with Gasteiger partial charge in [-0.1, -0.05) is 12.1 Å². The third kappa shape index (κ3) is 3.53. The number of carbonyl (C=O) groups is 1. The minimum atomic E-state index is -0.316. The fraction of sp³-hybridized carbons (Fsp3) is 0.533. The van der Waals surface area contributed by atoms with Gasteiger partial charge in [-0.3, -0.25) is 9.69 Å². The van der Waals surface area contributed by atoms with Gasteiger partial charge < -0.3 is 20.5 Å². The molecule has 2 atom stereocenters. The number of ether oxygens (including phenoxy) is 2. The maximum Gasteiger partial charge on any atom is 0.239 e. The van der Waals surface area contributed by atoms with Gasteiger partial charge in [0.15, 0.2) is 0 Å². The monoisotopic (exact) mass is 293 g/mol. The Morgan fingerprint density at radius 1 is 1.62 bits per heavy atom. The summed E-state index contributed by atoms with van der Waals surface area (Å²) >= 11 is 0. The van der Waals surface area contributed by atoms with E-state index in [1.807, 2.05) is 24.3 Å². The minimum absolute atomic E-state index is 0.0358. The molecule has 1 fully saturated rings. The second-order valence-electron chi connectivity index (χ2n) is 4.97. The Morgan fingerprint density at radius 2 is 2.43 bits per heavy atom. The summed E-state index contributed by atoms with van der Waals surface area (Å²) in [6.45, 7) is 2.10. The van der Waals surface area contributed by atoms with Crippen molar-refractivity contribution in [2.24, 2.45) is 5.73 Å². The van der Waals surface area contributed by atoms with Gasteiger partial charge in [-0.15, -0.1) is 0 Å². The van der Waals surface area contributed by atoms with E-state index in [-0.39, 0.29) is 18.0 Å². The molecule has 0 bridgehead atoms. The van der Waals surface area contributed by atoms with Crippen molar-refractivity contribution in [2.75, 3.05) is 40.5 Å². The van der Waals surface area contributed by atoms with Crippen molar-refractivity contribution in [1.82, 2.24) is 10.2 Å². The quantitative estimate of drug-likeness (QED) is 0.807. The number of hydrogen-bond donors (Lipinski definition) is 2. The first-order chi connectivity index (χ1) is 10.2. The highest BCUT2D eigenvalue weighted by molar-refractivity contribution is 5.81. The second kappa shape index (κ2) is 7.40. The molecule has 1 saturated heterocycles. The summed E-state index contributed by atoms with van der Waals surface area (Å²) in [5.41, 5.74) is 7.02.